The van der Waals surface area contributed by atoms with E-state index in [4.69, 9.17) is 14.6 Å². The first-order valence-corrected chi connectivity index (χ1v) is 7.35. The molecule has 3 rings (SSSR count). The van der Waals surface area contributed by atoms with Gasteiger partial charge in [0.1, 0.15) is 18.1 Å². The smallest absolute Gasteiger partial charge is 0.341 e. The van der Waals surface area contributed by atoms with Crippen LogP contribution in [0.15, 0.2) is 54.7 Å². The summed E-state index contributed by atoms with van der Waals surface area (Å²) in [4.78, 5) is 10.4. The topological polar surface area (TPSA) is 86.5 Å². The van der Waals surface area contributed by atoms with Gasteiger partial charge in [-0.15, -0.1) is 5.10 Å². The first-order valence-electron chi connectivity index (χ1n) is 7.35. The monoisotopic (exact) mass is 343 g/mol. The zero-order valence-electron chi connectivity index (χ0n) is 13.0. The summed E-state index contributed by atoms with van der Waals surface area (Å²) in [6.45, 7) is -0.499. The second kappa shape index (κ2) is 7.43. The third-order valence-electron chi connectivity index (χ3n) is 3.20. The molecule has 0 saturated heterocycles. The second-order valence-corrected chi connectivity index (χ2v) is 5.05. The lowest BCUT2D eigenvalue weighted by atomic mass is 10.3. The van der Waals surface area contributed by atoms with Crippen molar-refractivity contribution < 1.29 is 23.8 Å². The molecule has 0 aliphatic heterocycles. The molecule has 0 amide bonds. The minimum absolute atomic E-state index is 0.113. The van der Waals surface area contributed by atoms with Gasteiger partial charge in [0.05, 0.1) is 11.9 Å². The van der Waals surface area contributed by atoms with Gasteiger partial charge < -0.3 is 14.6 Å². The number of halogens is 1. The molecule has 8 heteroatoms. The van der Waals surface area contributed by atoms with Crippen LogP contribution in [0.4, 0.5) is 4.39 Å². The van der Waals surface area contributed by atoms with Crippen LogP contribution in [0.1, 0.15) is 5.69 Å². The molecule has 0 atom stereocenters. The Morgan fingerprint density at radius 3 is 2.68 bits per heavy atom. The first kappa shape index (κ1) is 16.4. The van der Waals surface area contributed by atoms with E-state index in [9.17, 15) is 9.18 Å². The molecule has 0 aliphatic rings. The molecule has 0 radical (unpaired) electrons. The van der Waals surface area contributed by atoms with Gasteiger partial charge in [-0.05, 0) is 24.3 Å². The third-order valence-corrected chi connectivity index (χ3v) is 3.20. The van der Waals surface area contributed by atoms with Crippen LogP contribution >= 0.6 is 0 Å². The average Bonchev–Trinajstić information content (AvgIpc) is 3.09. The molecule has 0 spiro atoms. The number of carboxylic acid groups (broad SMARTS) is 1. The summed E-state index contributed by atoms with van der Waals surface area (Å²) in [7, 11) is 0. The van der Waals surface area contributed by atoms with Crippen LogP contribution in [-0.4, -0.2) is 32.7 Å². The van der Waals surface area contributed by atoms with Crippen molar-refractivity contribution >= 4 is 5.97 Å². The summed E-state index contributed by atoms with van der Waals surface area (Å²) < 4.78 is 25.7. The van der Waals surface area contributed by atoms with Crippen molar-refractivity contribution in [2.45, 2.75) is 6.61 Å². The summed E-state index contributed by atoms with van der Waals surface area (Å²) in [5, 5.41) is 16.5. The highest BCUT2D eigenvalue weighted by Gasteiger charge is 2.09. The quantitative estimate of drug-likeness (QED) is 0.709. The van der Waals surface area contributed by atoms with Gasteiger partial charge in [-0.3, -0.25) is 0 Å². The molecule has 2 aromatic carbocycles. The summed E-state index contributed by atoms with van der Waals surface area (Å²) in [6.07, 6.45) is 1.72. The lowest BCUT2D eigenvalue weighted by Gasteiger charge is -2.07. The Morgan fingerprint density at radius 2 is 1.96 bits per heavy atom. The molecule has 3 aromatic rings. The fraction of sp³-hybridized carbons (Fsp3) is 0.118. The minimum Gasteiger partial charge on any atom is -0.487 e. The van der Waals surface area contributed by atoms with E-state index in [1.165, 1.54) is 12.1 Å². The van der Waals surface area contributed by atoms with Crippen molar-refractivity contribution in [3.8, 4) is 17.2 Å². The Labute approximate surface area is 142 Å². The van der Waals surface area contributed by atoms with Crippen LogP contribution in [0.25, 0.3) is 5.69 Å². The molecule has 0 fully saturated rings. The lowest BCUT2D eigenvalue weighted by molar-refractivity contribution is -0.139. The van der Waals surface area contributed by atoms with E-state index in [0.29, 0.717) is 5.69 Å². The number of benzene rings is 2. The highest BCUT2D eigenvalue weighted by molar-refractivity contribution is 5.68. The number of aliphatic carboxylic acids is 1. The van der Waals surface area contributed by atoms with Gasteiger partial charge in [0.2, 0.25) is 0 Å². The SMILES string of the molecule is O=C(O)COc1ccc(OCc2cn(-c3ccccc3)nn2)cc1F. The number of carbonyl (C=O) groups is 1. The molecular weight excluding hydrogens is 329 g/mol. The van der Waals surface area contributed by atoms with E-state index in [-0.39, 0.29) is 18.1 Å². The molecule has 0 bridgehead atoms. The number of hydrogen-bond acceptors (Lipinski definition) is 5. The van der Waals surface area contributed by atoms with Gasteiger partial charge >= 0.3 is 5.97 Å². The molecule has 0 saturated carbocycles. The number of nitrogens with zero attached hydrogens (tertiary/aromatic N) is 3. The normalized spacial score (nSPS) is 10.4. The predicted octanol–water partition coefficient (Wildman–Crippen LogP) is 2.45. The van der Waals surface area contributed by atoms with E-state index < -0.39 is 18.4 Å². The van der Waals surface area contributed by atoms with E-state index in [2.05, 4.69) is 10.3 Å². The van der Waals surface area contributed by atoms with E-state index in [1.54, 1.807) is 10.9 Å². The third kappa shape index (κ3) is 4.31. The Balaban J connectivity index is 1.61. The maximum Gasteiger partial charge on any atom is 0.341 e. The van der Waals surface area contributed by atoms with Crippen molar-refractivity contribution in [1.29, 1.82) is 0 Å². The molecule has 0 unspecified atom stereocenters. The second-order valence-electron chi connectivity index (χ2n) is 5.05. The van der Waals surface area contributed by atoms with Crippen LogP contribution in [0.3, 0.4) is 0 Å². The average molecular weight is 343 g/mol. The Kier molecular flexibility index (Phi) is 4.89. The highest BCUT2D eigenvalue weighted by atomic mass is 19.1. The fourth-order valence-corrected chi connectivity index (χ4v) is 2.06. The van der Waals surface area contributed by atoms with Gasteiger partial charge in [-0.1, -0.05) is 23.4 Å². The minimum atomic E-state index is -1.18. The number of carboxylic acids is 1. The van der Waals surface area contributed by atoms with Gasteiger partial charge in [-0.25, -0.2) is 13.9 Å². The summed E-state index contributed by atoms with van der Waals surface area (Å²) >= 11 is 0. The van der Waals surface area contributed by atoms with E-state index in [1.807, 2.05) is 30.3 Å². The maximum atomic E-state index is 13.8. The Bertz CT molecular complexity index is 867. The Hall–Kier alpha value is -3.42. The van der Waals surface area contributed by atoms with Gasteiger partial charge in [0.25, 0.3) is 0 Å². The number of aromatic nitrogens is 3. The molecule has 25 heavy (non-hydrogen) atoms. The van der Waals surface area contributed by atoms with Crippen molar-refractivity contribution in [2.75, 3.05) is 6.61 Å². The fourth-order valence-electron chi connectivity index (χ4n) is 2.06. The van der Waals surface area contributed by atoms with Crippen LogP contribution in [0.5, 0.6) is 11.5 Å². The largest absolute Gasteiger partial charge is 0.487 e. The van der Waals surface area contributed by atoms with Crippen LogP contribution < -0.4 is 9.47 Å². The predicted molar refractivity (Wildman–Crippen MR) is 85.2 cm³/mol. The van der Waals surface area contributed by atoms with Crippen LogP contribution in [-0.2, 0) is 11.4 Å². The summed E-state index contributed by atoms with van der Waals surface area (Å²) in [5.74, 6) is -1.76. The van der Waals surface area contributed by atoms with Crippen molar-refractivity contribution in [1.82, 2.24) is 15.0 Å². The summed E-state index contributed by atoms with van der Waals surface area (Å²) in [6, 6.07) is 13.4. The molecule has 128 valence electrons. The van der Waals surface area contributed by atoms with E-state index >= 15 is 0 Å². The molecular formula is C17H14FN3O4. The first-order chi connectivity index (χ1) is 12.1. The Morgan fingerprint density at radius 1 is 1.16 bits per heavy atom. The zero-order chi connectivity index (χ0) is 17.6. The number of hydrogen-bond donors (Lipinski definition) is 1. The molecule has 0 aliphatic carbocycles. The number of para-hydroxylation sites is 1. The van der Waals surface area contributed by atoms with E-state index in [0.717, 1.165) is 11.8 Å². The van der Waals surface area contributed by atoms with Crippen molar-refractivity contribution in [3.63, 3.8) is 0 Å². The summed E-state index contributed by atoms with van der Waals surface area (Å²) in [5.41, 5.74) is 1.45. The van der Waals surface area contributed by atoms with Crippen LogP contribution in [0.2, 0.25) is 0 Å². The number of ether oxygens (including phenoxy) is 2. The van der Waals surface area contributed by atoms with Crippen LogP contribution in [0, 0.1) is 5.82 Å². The van der Waals surface area contributed by atoms with Crippen molar-refractivity contribution in [3.05, 3.63) is 66.2 Å². The lowest BCUT2D eigenvalue weighted by Crippen LogP contribution is -2.10. The van der Waals surface area contributed by atoms with Gasteiger partial charge in [-0.2, -0.15) is 0 Å². The molecule has 1 N–H and O–H groups in total. The highest BCUT2D eigenvalue weighted by Crippen LogP contribution is 2.23. The zero-order valence-corrected chi connectivity index (χ0v) is 13.0. The van der Waals surface area contributed by atoms with Crippen molar-refractivity contribution in [2.24, 2.45) is 0 Å². The standard InChI is InChI=1S/C17H14FN3O4/c18-15-8-14(6-7-16(15)25-11-17(22)23)24-10-12-9-21(20-19-12)13-4-2-1-3-5-13/h1-9H,10-11H2,(H,22,23). The maximum absolute atomic E-state index is 13.8. The van der Waals surface area contributed by atoms with Gasteiger partial charge in [0, 0.05) is 6.07 Å². The molecule has 7 nitrogen and oxygen atoms in total. The molecule has 1 aromatic heterocycles. The molecule has 1 heterocycles. The van der Waals surface area contributed by atoms with Gasteiger partial charge in [0.15, 0.2) is 18.2 Å². The number of rotatable bonds is 7.